The van der Waals surface area contributed by atoms with Gasteiger partial charge in [0.1, 0.15) is 0 Å². The summed E-state index contributed by atoms with van der Waals surface area (Å²) in [5.41, 5.74) is 0.528. The molecule has 0 aliphatic rings. The highest BCUT2D eigenvalue weighted by Gasteiger charge is 2.12. The fraction of sp³-hybridized carbons (Fsp3) is 0.455. The number of hydrogen-bond donors (Lipinski definition) is 1. The molecule has 1 atom stereocenters. The van der Waals surface area contributed by atoms with Crippen molar-refractivity contribution in [1.29, 1.82) is 0 Å². The zero-order chi connectivity index (χ0) is 11.4. The zero-order valence-electron chi connectivity index (χ0n) is 8.76. The third-order valence-electron chi connectivity index (χ3n) is 2.22. The van der Waals surface area contributed by atoms with Crippen LogP contribution in [0.15, 0.2) is 12.1 Å². The summed E-state index contributed by atoms with van der Waals surface area (Å²) in [6, 6.07) is 2.48. The van der Waals surface area contributed by atoms with E-state index in [1.807, 2.05) is 6.92 Å². The van der Waals surface area contributed by atoms with Crippen LogP contribution in [-0.2, 0) is 6.42 Å². The summed E-state index contributed by atoms with van der Waals surface area (Å²) in [4.78, 5) is 0. The van der Waals surface area contributed by atoms with Gasteiger partial charge in [0.15, 0.2) is 11.6 Å². The van der Waals surface area contributed by atoms with Gasteiger partial charge in [0.05, 0.1) is 13.2 Å². The lowest BCUT2D eigenvalue weighted by Crippen LogP contribution is -2.09. The molecule has 0 saturated heterocycles. The molecular formula is C11H14F2O2. The molecule has 0 spiro atoms. The van der Waals surface area contributed by atoms with Gasteiger partial charge in [-0.15, -0.1) is 0 Å². The molecule has 1 aromatic carbocycles. The number of rotatable bonds is 4. The van der Waals surface area contributed by atoms with Gasteiger partial charge in [-0.3, -0.25) is 0 Å². The Labute approximate surface area is 87.5 Å². The molecule has 0 saturated carbocycles. The van der Waals surface area contributed by atoms with Crippen molar-refractivity contribution in [1.82, 2.24) is 0 Å². The first kappa shape index (κ1) is 11.9. The standard InChI is InChI=1S/C11H14F2O2/c1-3-8(14)4-7-5-9(12)11(13)10(6-7)15-2/h5-6,8,14H,3-4H2,1-2H3. The predicted molar refractivity (Wildman–Crippen MR) is 52.9 cm³/mol. The van der Waals surface area contributed by atoms with Crippen LogP contribution in [0, 0.1) is 11.6 Å². The summed E-state index contributed by atoms with van der Waals surface area (Å²) >= 11 is 0. The maximum Gasteiger partial charge on any atom is 0.200 e. The Kier molecular flexibility index (Phi) is 4.03. The molecule has 1 unspecified atom stereocenters. The van der Waals surface area contributed by atoms with Gasteiger partial charge >= 0.3 is 0 Å². The molecule has 2 nitrogen and oxygen atoms in total. The van der Waals surface area contributed by atoms with Crippen LogP contribution in [0.3, 0.4) is 0 Å². The van der Waals surface area contributed by atoms with Gasteiger partial charge in [-0.2, -0.15) is 4.39 Å². The highest BCUT2D eigenvalue weighted by molar-refractivity contribution is 5.31. The Morgan fingerprint density at radius 3 is 2.60 bits per heavy atom. The Morgan fingerprint density at radius 1 is 1.40 bits per heavy atom. The third-order valence-corrected chi connectivity index (χ3v) is 2.22. The maximum atomic E-state index is 13.0. The average molecular weight is 216 g/mol. The van der Waals surface area contributed by atoms with Crippen molar-refractivity contribution < 1.29 is 18.6 Å². The van der Waals surface area contributed by atoms with Gasteiger partial charge in [-0.1, -0.05) is 6.92 Å². The lowest BCUT2D eigenvalue weighted by molar-refractivity contribution is 0.170. The largest absolute Gasteiger partial charge is 0.494 e. The second kappa shape index (κ2) is 5.07. The van der Waals surface area contributed by atoms with Gasteiger partial charge in [-0.25, -0.2) is 4.39 Å². The quantitative estimate of drug-likeness (QED) is 0.836. The van der Waals surface area contributed by atoms with Gasteiger partial charge in [0.25, 0.3) is 0 Å². The summed E-state index contributed by atoms with van der Waals surface area (Å²) in [6.07, 6.45) is 0.324. The van der Waals surface area contributed by atoms with E-state index in [0.717, 1.165) is 6.07 Å². The SMILES string of the molecule is CCC(O)Cc1cc(F)c(F)c(OC)c1. The maximum absolute atomic E-state index is 13.0. The van der Waals surface area contributed by atoms with Gasteiger partial charge in [-0.05, 0) is 30.5 Å². The predicted octanol–water partition coefficient (Wildman–Crippen LogP) is 2.29. The molecule has 0 amide bonds. The van der Waals surface area contributed by atoms with Gasteiger partial charge in [0.2, 0.25) is 5.82 Å². The number of ether oxygens (including phenoxy) is 1. The van der Waals surface area contributed by atoms with Crippen LogP contribution in [-0.4, -0.2) is 18.3 Å². The lowest BCUT2D eigenvalue weighted by atomic mass is 10.1. The highest BCUT2D eigenvalue weighted by atomic mass is 19.2. The van der Waals surface area contributed by atoms with E-state index < -0.39 is 17.7 Å². The minimum Gasteiger partial charge on any atom is -0.494 e. The number of benzene rings is 1. The van der Waals surface area contributed by atoms with Crippen molar-refractivity contribution in [2.45, 2.75) is 25.9 Å². The molecule has 84 valence electrons. The normalized spacial score (nSPS) is 12.6. The number of halogens is 2. The first-order valence-corrected chi connectivity index (χ1v) is 4.78. The van der Waals surface area contributed by atoms with Crippen LogP contribution in [0.1, 0.15) is 18.9 Å². The van der Waals surface area contributed by atoms with Gasteiger partial charge < -0.3 is 9.84 Å². The van der Waals surface area contributed by atoms with Crippen LogP contribution in [0.25, 0.3) is 0 Å². The van der Waals surface area contributed by atoms with E-state index in [0.29, 0.717) is 18.4 Å². The van der Waals surface area contributed by atoms with Crippen molar-refractivity contribution in [2.75, 3.05) is 7.11 Å². The van der Waals surface area contributed by atoms with Crippen molar-refractivity contribution in [2.24, 2.45) is 0 Å². The summed E-state index contributed by atoms with van der Waals surface area (Å²) in [7, 11) is 1.28. The van der Waals surface area contributed by atoms with E-state index >= 15 is 0 Å². The molecule has 15 heavy (non-hydrogen) atoms. The fourth-order valence-electron chi connectivity index (χ4n) is 1.30. The molecule has 1 rings (SSSR count). The number of aliphatic hydroxyl groups is 1. The second-order valence-electron chi connectivity index (χ2n) is 3.36. The highest BCUT2D eigenvalue weighted by Crippen LogP contribution is 2.22. The first-order chi connectivity index (χ1) is 7.08. The van der Waals surface area contributed by atoms with Gasteiger partial charge in [0, 0.05) is 0 Å². The summed E-state index contributed by atoms with van der Waals surface area (Å²) in [6.45, 7) is 1.82. The Morgan fingerprint density at radius 2 is 2.07 bits per heavy atom. The minimum absolute atomic E-state index is 0.131. The number of aliphatic hydroxyl groups excluding tert-OH is 1. The summed E-state index contributed by atoms with van der Waals surface area (Å²) in [5.74, 6) is -2.08. The molecular weight excluding hydrogens is 202 g/mol. The van der Waals surface area contributed by atoms with Crippen LogP contribution in [0.4, 0.5) is 8.78 Å². The summed E-state index contributed by atoms with van der Waals surface area (Å²) in [5, 5.41) is 9.38. The Bertz CT molecular complexity index is 340. The molecule has 0 aliphatic carbocycles. The van der Waals surface area contributed by atoms with E-state index in [4.69, 9.17) is 0 Å². The lowest BCUT2D eigenvalue weighted by Gasteiger charge is -2.10. The van der Waals surface area contributed by atoms with Crippen molar-refractivity contribution in [3.63, 3.8) is 0 Å². The van der Waals surface area contributed by atoms with E-state index in [-0.39, 0.29) is 5.75 Å². The molecule has 0 fully saturated rings. The monoisotopic (exact) mass is 216 g/mol. The van der Waals surface area contributed by atoms with Crippen LogP contribution < -0.4 is 4.74 Å². The van der Waals surface area contributed by atoms with E-state index in [1.165, 1.54) is 13.2 Å². The number of methoxy groups -OCH3 is 1. The minimum atomic E-state index is -0.993. The summed E-state index contributed by atoms with van der Waals surface area (Å²) < 4.78 is 30.8. The molecule has 4 heteroatoms. The molecule has 0 heterocycles. The second-order valence-corrected chi connectivity index (χ2v) is 3.36. The molecule has 0 bridgehead atoms. The average Bonchev–Trinajstić information content (AvgIpc) is 2.22. The molecule has 0 aliphatic heterocycles. The Hall–Kier alpha value is -1.16. The number of hydrogen-bond acceptors (Lipinski definition) is 2. The Balaban J connectivity index is 2.95. The molecule has 0 radical (unpaired) electrons. The first-order valence-electron chi connectivity index (χ1n) is 4.78. The smallest absolute Gasteiger partial charge is 0.200 e. The van der Waals surface area contributed by atoms with Crippen molar-refractivity contribution >= 4 is 0 Å². The van der Waals surface area contributed by atoms with E-state index in [2.05, 4.69) is 4.74 Å². The molecule has 1 N–H and O–H groups in total. The van der Waals surface area contributed by atoms with Crippen LogP contribution in [0.5, 0.6) is 5.75 Å². The van der Waals surface area contributed by atoms with E-state index in [9.17, 15) is 13.9 Å². The molecule has 0 aromatic heterocycles. The van der Waals surface area contributed by atoms with Crippen molar-refractivity contribution in [3.8, 4) is 5.75 Å². The van der Waals surface area contributed by atoms with Crippen LogP contribution in [0.2, 0.25) is 0 Å². The van der Waals surface area contributed by atoms with Crippen molar-refractivity contribution in [3.05, 3.63) is 29.3 Å². The molecule has 1 aromatic rings. The van der Waals surface area contributed by atoms with E-state index in [1.54, 1.807) is 0 Å². The zero-order valence-corrected chi connectivity index (χ0v) is 8.76. The van der Waals surface area contributed by atoms with Crippen LogP contribution >= 0.6 is 0 Å². The topological polar surface area (TPSA) is 29.5 Å². The third kappa shape index (κ3) is 2.89. The fourth-order valence-corrected chi connectivity index (χ4v) is 1.30.